The Morgan fingerprint density at radius 2 is 0.778 bits per heavy atom. The highest BCUT2D eigenvalue weighted by Gasteiger charge is 2.27. The Kier molecular flexibility index (Phi) is 17.0. The van der Waals surface area contributed by atoms with E-state index >= 15 is 0 Å². The molecule has 36 heavy (non-hydrogen) atoms. The summed E-state index contributed by atoms with van der Waals surface area (Å²) in [4.78, 5) is 26.9. The van der Waals surface area contributed by atoms with Gasteiger partial charge in [-0.15, -0.1) is 0 Å². The maximum Gasteiger partial charge on any atom is 0.403 e. The molecule has 0 spiro atoms. The predicted molar refractivity (Wildman–Crippen MR) is 156 cm³/mol. The summed E-state index contributed by atoms with van der Waals surface area (Å²) in [6, 6.07) is 22.0. The maximum absolute atomic E-state index is 8.97. The minimum absolute atomic E-state index is 0.163. The molecule has 0 aromatic heterocycles. The molecule has 0 aliphatic carbocycles. The lowest BCUT2D eigenvalue weighted by atomic mass is 9.88. The molecular weight excluding hydrogens is 463 g/mol. The van der Waals surface area contributed by atoms with Crippen LogP contribution in [-0.2, 0) is 12.8 Å². The fourth-order valence-electron chi connectivity index (χ4n) is 5.23. The van der Waals surface area contributed by atoms with E-state index in [4.69, 9.17) is 14.7 Å². The summed E-state index contributed by atoms with van der Waals surface area (Å²) in [6.07, 6.45) is 22.9. The van der Waals surface area contributed by atoms with Gasteiger partial charge in [-0.1, -0.05) is 144 Å². The Bertz CT molecular complexity index is 704. The van der Waals surface area contributed by atoms with Crippen LogP contribution in [0.4, 0.5) is 0 Å². The van der Waals surface area contributed by atoms with Gasteiger partial charge < -0.3 is 0 Å². The zero-order chi connectivity index (χ0) is 25.7. The Morgan fingerprint density at radius 1 is 0.444 bits per heavy atom. The van der Waals surface area contributed by atoms with Crippen LogP contribution in [0.1, 0.15) is 114 Å². The molecule has 4 heteroatoms. The lowest BCUT2D eigenvalue weighted by Crippen LogP contribution is -2.08. The summed E-state index contributed by atoms with van der Waals surface area (Å²) in [6.45, 7) is 0. The summed E-state index contributed by atoms with van der Waals surface area (Å²) in [7, 11) is -3.53. The van der Waals surface area contributed by atoms with E-state index in [-0.39, 0.29) is 6.16 Å². The van der Waals surface area contributed by atoms with Crippen molar-refractivity contribution in [3.8, 4) is 0 Å². The molecule has 3 nitrogen and oxygen atoms in total. The second kappa shape index (κ2) is 19.8. The fourth-order valence-corrected chi connectivity index (χ4v) is 5.87. The Morgan fingerprint density at radius 3 is 1.14 bits per heavy atom. The molecule has 0 heterocycles. The lowest BCUT2D eigenvalue weighted by molar-refractivity contribution is 0.328. The van der Waals surface area contributed by atoms with E-state index in [0.29, 0.717) is 0 Å². The molecule has 0 aliphatic heterocycles. The third-order valence-electron chi connectivity index (χ3n) is 7.30. The molecule has 2 aromatic carbocycles. The molecule has 0 fully saturated rings. The molecule has 0 saturated carbocycles. The van der Waals surface area contributed by atoms with Gasteiger partial charge in [-0.25, -0.2) is 0 Å². The van der Waals surface area contributed by atoms with Gasteiger partial charge >= 0.3 is 7.94 Å². The minimum Gasteiger partial charge on any atom is -0.193 e. The number of rotatable bonds is 22. The summed E-state index contributed by atoms with van der Waals surface area (Å²) < 4.78 is 0. The highest BCUT2D eigenvalue weighted by Crippen LogP contribution is 2.45. The number of benzene rings is 2. The molecule has 3 N–H and O–H groups in total. The van der Waals surface area contributed by atoms with E-state index in [2.05, 4.69) is 60.7 Å². The van der Waals surface area contributed by atoms with E-state index in [1.54, 1.807) is 0 Å². The van der Waals surface area contributed by atoms with Gasteiger partial charge in [-0.3, -0.25) is 0 Å². The van der Waals surface area contributed by atoms with Gasteiger partial charge in [0.15, 0.2) is 0 Å². The van der Waals surface area contributed by atoms with Gasteiger partial charge in [0.05, 0.1) is 0 Å². The average Bonchev–Trinajstić information content (AvgIpc) is 2.86. The van der Waals surface area contributed by atoms with E-state index in [9.17, 15) is 0 Å². The van der Waals surface area contributed by atoms with Crippen LogP contribution < -0.4 is 0 Å². The van der Waals surface area contributed by atoms with Crippen molar-refractivity contribution in [1.82, 2.24) is 0 Å². The van der Waals surface area contributed by atoms with Gasteiger partial charge in [0, 0.05) is 0 Å². The second-order valence-electron chi connectivity index (χ2n) is 10.8. The zero-order valence-electron chi connectivity index (χ0n) is 22.6. The van der Waals surface area contributed by atoms with Crippen LogP contribution in [0.3, 0.4) is 0 Å². The van der Waals surface area contributed by atoms with Crippen molar-refractivity contribution in [3.05, 3.63) is 71.8 Å². The van der Waals surface area contributed by atoms with Crippen molar-refractivity contribution in [2.75, 3.05) is 6.16 Å². The molecule has 0 amide bonds. The van der Waals surface area contributed by atoms with E-state index in [0.717, 1.165) is 25.2 Å². The van der Waals surface area contributed by atoms with Crippen molar-refractivity contribution >= 4 is 7.94 Å². The van der Waals surface area contributed by atoms with Crippen LogP contribution in [0.15, 0.2) is 60.7 Å². The highest BCUT2D eigenvalue weighted by molar-refractivity contribution is 7.58. The standard InChI is InChI=1S/C32H52O3P/c33-36(34,35)27-21-13-11-9-7-5-3-1-2-4-6-8-10-12-16-26-32(28-30-22-17-14-18-23-30)29-31-24-19-15-20-25-31/h14-15,17-20,22-25,32-35H,1-13,16,21,26-29H2/q+1. The largest absolute Gasteiger partial charge is 0.403 e. The topological polar surface area (TPSA) is 60.7 Å². The van der Waals surface area contributed by atoms with Crippen molar-refractivity contribution in [2.45, 2.75) is 116 Å². The molecule has 0 atom stereocenters. The normalized spacial score (nSPS) is 11.9. The lowest BCUT2D eigenvalue weighted by Gasteiger charge is -2.17. The first-order chi connectivity index (χ1) is 17.5. The Labute approximate surface area is 222 Å². The Balaban J connectivity index is 1.42. The number of unbranched alkanes of at least 4 members (excludes halogenated alkanes) is 14. The van der Waals surface area contributed by atoms with Gasteiger partial charge in [-0.2, -0.15) is 14.7 Å². The first-order valence-electron chi connectivity index (χ1n) is 14.7. The van der Waals surface area contributed by atoms with E-state index < -0.39 is 7.94 Å². The molecule has 0 unspecified atom stereocenters. The molecule has 0 saturated heterocycles. The van der Waals surface area contributed by atoms with Crippen molar-refractivity contribution < 1.29 is 14.7 Å². The second-order valence-corrected chi connectivity index (χ2v) is 12.6. The first kappa shape index (κ1) is 31.0. The molecule has 2 aromatic rings. The van der Waals surface area contributed by atoms with Crippen LogP contribution in [0, 0.1) is 5.92 Å². The predicted octanol–water partition coefficient (Wildman–Crippen LogP) is 9.07. The van der Waals surface area contributed by atoms with Crippen molar-refractivity contribution in [3.63, 3.8) is 0 Å². The van der Waals surface area contributed by atoms with Crippen LogP contribution in [0.2, 0.25) is 0 Å². The third-order valence-corrected chi connectivity index (χ3v) is 8.22. The third kappa shape index (κ3) is 17.2. The van der Waals surface area contributed by atoms with Gasteiger partial charge in [-0.05, 0) is 49.1 Å². The fraction of sp³-hybridized carbons (Fsp3) is 0.625. The monoisotopic (exact) mass is 515 g/mol. The summed E-state index contributed by atoms with van der Waals surface area (Å²) in [5.74, 6) is 0.734. The molecular formula is C32H52O3P+. The van der Waals surface area contributed by atoms with E-state index in [1.165, 1.54) is 107 Å². The molecule has 0 aliphatic rings. The van der Waals surface area contributed by atoms with Crippen molar-refractivity contribution in [2.24, 2.45) is 5.92 Å². The summed E-state index contributed by atoms with van der Waals surface area (Å²) >= 11 is 0. The number of hydrogen-bond acceptors (Lipinski definition) is 3. The van der Waals surface area contributed by atoms with Crippen molar-refractivity contribution in [1.29, 1.82) is 0 Å². The van der Waals surface area contributed by atoms with E-state index in [1.807, 2.05) is 0 Å². The maximum atomic E-state index is 8.97. The zero-order valence-corrected chi connectivity index (χ0v) is 23.5. The molecule has 0 radical (unpaired) electrons. The van der Waals surface area contributed by atoms with Crippen LogP contribution in [-0.4, -0.2) is 20.8 Å². The van der Waals surface area contributed by atoms with Gasteiger partial charge in [0.25, 0.3) is 0 Å². The molecule has 202 valence electrons. The minimum atomic E-state index is -3.53. The van der Waals surface area contributed by atoms with Crippen LogP contribution in [0.5, 0.6) is 0 Å². The molecule has 0 bridgehead atoms. The SMILES string of the molecule is O[P+](O)(O)CCCCCCCCCCCCCCCCCC(Cc1ccccc1)Cc1ccccc1. The summed E-state index contributed by atoms with van der Waals surface area (Å²) in [5, 5.41) is 0. The highest BCUT2D eigenvalue weighted by atomic mass is 31.2. The first-order valence-corrected chi connectivity index (χ1v) is 16.5. The average molecular weight is 516 g/mol. The Hall–Kier alpha value is -1.25. The van der Waals surface area contributed by atoms with Gasteiger partial charge in [0.1, 0.15) is 6.16 Å². The molecule has 2 rings (SSSR count). The smallest absolute Gasteiger partial charge is 0.193 e. The van der Waals surface area contributed by atoms with Gasteiger partial charge in [0.2, 0.25) is 0 Å². The van der Waals surface area contributed by atoms with Crippen LogP contribution in [0.25, 0.3) is 0 Å². The number of hydrogen-bond donors (Lipinski definition) is 3. The summed E-state index contributed by atoms with van der Waals surface area (Å²) in [5.41, 5.74) is 2.94. The quantitative estimate of drug-likeness (QED) is 0.108. The van der Waals surface area contributed by atoms with Crippen LogP contribution >= 0.6 is 7.94 Å².